The normalized spacial score (nSPS) is 12.6. The fourth-order valence-corrected chi connectivity index (χ4v) is 2.28. The van der Waals surface area contributed by atoms with Gasteiger partial charge in [-0.2, -0.15) is 0 Å². The van der Waals surface area contributed by atoms with Crippen molar-refractivity contribution in [3.63, 3.8) is 0 Å². The molecule has 0 aromatic heterocycles. The predicted octanol–water partition coefficient (Wildman–Crippen LogP) is 4.33. The zero-order chi connectivity index (χ0) is 13.1. The van der Waals surface area contributed by atoms with E-state index in [9.17, 15) is 5.21 Å². The fourth-order valence-electron chi connectivity index (χ4n) is 2.28. The molecule has 0 fully saturated rings. The Morgan fingerprint density at radius 2 is 1.67 bits per heavy atom. The van der Waals surface area contributed by atoms with Crippen molar-refractivity contribution in [1.29, 1.82) is 0 Å². The summed E-state index contributed by atoms with van der Waals surface area (Å²) < 4.78 is 0. The molecule has 1 atom stereocenters. The molecule has 2 N–H and O–H groups in total. The second-order valence-corrected chi connectivity index (χ2v) is 5.07. The van der Waals surface area contributed by atoms with Crippen LogP contribution >= 0.6 is 0 Å². The Hall–Kier alpha value is -0.860. The van der Waals surface area contributed by atoms with Gasteiger partial charge in [-0.3, -0.25) is 0 Å². The van der Waals surface area contributed by atoms with Crippen LogP contribution in [-0.4, -0.2) is 11.2 Å². The maximum atomic E-state index is 9.18. The number of rotatable bonds is 10. The SMILES string of the molecule is CCCCCCCCC(Cc1ccccc1)NO. The van der Waals surface area contributed by atoms with Crippen molar-refractivity contribution in [3.05, 3.63) is 35.9 Å². The van der Waals surface area contributed by atoms with Gasteiger partial charge in [-0.25, -0.2) is 5.48 Å². The summed E-state index contributed by atoms with van der Waals surface area (Å²) >= 11 is 0. The van der Waals surface area contributed by atoms with E-state index in [4.69, 9.17) is 0 Å². The van der Waals surface area contributed by atoms with Gasteiger partial charge in [-0.15, -0.1) is 0 Å². The first-order chi connectivity index (χ1) is 8.86. The molecule has 0 aliphatic carbocycles. The van der Waals surface area contributed by atoms with Crippen LogP contribution in [0.3, 0.4) is 0 Å². The maximum absolute atomic E-state index is 9.18. The van der Waals surface area contributed by atoms with Crippen LogP contribution in [-0.2, 0) is 6.42 Å². The number of hydrogen-bond acceptors (Lipinski definition) is 2. The molecule has 0 bridgehead atoms. The summed E-state index contributed by atoms with van der Waals surface area (Å²) in [6.07, 6.45) is 9.79. The van der Waals surface area contributed by atoms with E-state index >= 15 is 0 Å². The number of unbranched alkanes of at least 4 members (excludes halogenated alkanes) is 5. The minimum Gasteiger partial charge on any atom is -0.317 e. The average molecular weight is 249 g/mol. The lowest BCUT2D eigenvalue weighted by molar-refractivity contribution is 0.120. The zero-order valence-corrected chi connectivity index (χ0v) is 11.6. The van der Waals surface area contributed by atoms with Crippen LogP contribution in [0.4, 0.5) is 0 Å². The third-order valence-corrected chi connectivity index (χ3v) is 3.41. The van der Waals surface area contributed by atoms with Gasteiger partial charge in [0.05, 0.1) is 0 Å². The van der Waals surface area contributed by atoms with Crippen LogP contribution in [0.15, 0.2) is 30.3 Å². The van der Waals surface area contributed by atoms with E-state index in [2.05, 4.69) is 36.7 Å². The molecule has 0 amide bonds. The lowest BCUT2D eigenvalue weighted by atomic mass is 10.0. The molecule has 1 unspecified atom stereocenters. The summed E-state index contributed by atoms with van der Waals surface area (Å²) in [5.41, 5.74) is 3.74. The molecular formula is C16H27NO. The Morgan fingerprint density at radius 3 is 2.33 bits per heavy atom. The van der Waals surface area contributed by atoms with E-state index in [1.54, 1.807) is 0 Å². The lowest BCUT2D eigenvalue weighted by Crippen LogP contribution is -2.28. The van der Waals surface area contributed by atoms with Crippen molar-refractivity contribution >= 4 is 0 Å². The largest absolute Gasteiger partial charge is 0.317 e. The van der Waals surface area contributed by atoms with Gasteiger partial charge in [0, 0.05) is 6.04 Å². The van der Waals surface area contributed by atoms with Crippen LogP contribution in [0.2, 0.25) is 0 Å². The Morgan fingerprint density at radius 1 is 1.00 bits per heavy atom. The molecule has 1 rings (SSSR count). The van der Waals surface area contributed by atoms with Crippen LogP contribution in [0, 0.1) is 0 Å². The first-order valence-corrected chi connectivity index (χ1v) is 7.30. The summed E-state index contributed by atoms with van der Waals surface area (Å²) in [5.74, 6) is 0. The number of hydrogen-bond donors (Lipinski definition) is 2. The molecule has 1 aromatic rings. The first-order valence-electron chi connectivity index (χ1n) is 7.30. The van der Waals surface area contributed by atoms with Crippen molar-refractivity contribution in [2.45, 2.75) is 64.3 Å². The van der Waals surface area contributed by atoms with Crippen LogP contribution < -0.4 is 5.48 Å². The number of hydroxylamine groups is 1. The topological polar surface area (TPSA) is 32.3 Å². The highest BCUT2D eigenvalue weighted by Gasteiger charge is 2.07. The van der Waals surface area contributed by atoms with Crippen LogP contribution in [0.25, 0.3) is 0 Å². The van der Waals surface area contributed by atoms with Gasteiger partial charge in [-0.1, -0.05) is 75.8 Å². The molecule has 2 nitrogen and oxygen atoms in total. The van der Waals surface area contributed by atoms with Gasteiger partial charge in [-0.05, 0) is 18.4 Å². The van der Waals surface area contributed by atoms with E-state index in [1.165, 1.54) is 44.1 Å². The highest BCUT2D eigenvalue weighted by atomic mass is 16.5. The summed E-state index contributed by atoms with van der Waals surface area (Å²) in [5, 5.41) is 9.18. The molecule has 102 valence electrons. The van der Waals surface area contributed by atoms with Crippen LogP contribution in [0.5, 0.6) is 0 Å². The second kappa shape index (κ2) is 10.1. The fraction of sp³-hybridized carbons (Fsp3) is 0.625. The zero-order valence-electron chi connectivity index (χ0n) is 11.6. The Labute approximate surface area is 111 Å². The molecule has 18 heavy (non-hydrogen) atoms. The van der Waals surface area contributed by atoms with Gasteiger partial charge in [0.1, 0.15) is 0 Å². The molecule has 0 saturated carbocycles. The predicted molar refractivity (Wildman–Crippen MR) is 76.8 cm³/mol. The average Bonchev–Trinajstić information content (AvgIpc) is 2.42. The molecule has 0 saturated heterocycles. The third-order valence-electron chi connectivity index (χ3n) is 3.41. The van der Waals surface area contributed by atoms with E-state index in [-0.39, 0.29) is 6.04 Å². The maximum Gasteiger partial charge on any atom is 0.0360 e. The Balaban J connectivity index is 2.14. The monoisotopic (exact) mass is 249 g/mol. The third kappa shape index (κ3) is 6.77. The highest BCUT2D eigenvalue weighted by molar-refractivity contribution is 5.15. The molecule has 2 heteroatoms. The van der Waals surface area contributed by atoms with Gasteiger partial charge in [0.2, 0.25) is 0 Å². The smallest absolute Gasteiger partial charge is 0.0360 e. The lowest BCUT2D eigenvalue weighted by Gasteiger charge is -2.14. The molecular weight excluding hydrogens is 222 g/mol. The van der Waals surface area contributed by atoms with Crippen molar-refractivity contribution in [3.8, 4) is 0 Å². The van der Waals surface area contributed by atoms with Crippen molar-refractivity contribution in [1.82, 2.24) is 5.48 Å². The first kappa shape index (κ1) is 15.2. The summed E-state index contributed by atoms with van der Waals surface area (Å²) in [6.45, 7) is 2.24. The molecule has 1 aromatic carbocycles. The minimum atomic E-state index is 0.193. The van der Waals surface area contributed by atoms with Crippen LogP contribution in [0.1, 0.15) is 57.4 Å². The van der Waals surface area contributed by atoms with Crippen molar-refractivity contribution in [2.24, 2.45) is 0 Å². The molecule has 0 radical (unpaired) electrons. The molecule has 0 spiro atoms. The van der Waals surface area contributed by atoms with Crippen molar-refractivity contribution in [2.75, 3.05) is 0 Å². The highest BCUT2D eigenvalue weighted by Crippen LogP contribution is 2.11. The standard InChI is InChI=1S/C16H27NO/c1-2-3-4-5-6-10-13-16(17-18)14-15-11-8-7-9-12-15/h7-9,11-12,16-18H,2-6,10,13-14H2,1H3. The second-order valence-electron chi connectivity index (χ2n) is 5.07. The number of nitrogens with one attached hydrogen (secondary N) is 1. The van der Waals surface area contributed by atoms with E-state index < -0.39 is 0 Å². The Bertz CT molecular complexity index is 286. The van der Waals surface area contributed by atoms with Gasteiger partial charge in [0.15, 0.2) is 0 Å². The summed E-state index contributed by atoms with van der Waals surface area (Å²) in [7, 11) is 0. The quantitative estimate of drug-likeness (QED) is 0.478. The summed E-state index contributed by atoms with van der Waals surface area (Å²) in [6, 6.07) is 10.6. The molecule has 0 heterocycles. The minimum absolute atomic E-state index is 0.193. The van der Waals surface area contributed by atoms with Crippen molar-refractivity contribution < 1.29 is 5.21 Å². The number of benzene rings is 1. The molecule has 0 aliphatic heterocycles. The van der Waals surface area contributed by atoms with Gasteiger partial charge < -0.3 is 5.21 Å². The van der Waals surface area contributed by atoms with E-state index in [0.717, 1.165) is 12.8 Å². The van der Waals surface area contributed by atoms with E-state index in [0.29, 0.717) is 0 Å². The summed E-state index contributed by atoms with van der Waals surface area (Å²) in [4.78, 5) is 0. The molecule has 0 aliphatic rings. The Kier molecular flexibility index (Phi) is 8.53. The van der Waals surface area contributed by atoms with Gasteiger partial charge >= 0.3 is 0 Å². The van der Waals surface area contributed by atoms with E-state index in [1.807, 2.05) is 6.07 Å². The van der Waals surface area contributed by atoms with Gasteiger partial charge in [0.25, 0.3) is 0 Å².